The van der Waals surface area contributed by atoms with Crippen molar-refractivity contribution >= 4 is 21.0 Å². The Bertz CT molecular complexity index is 373. The summed E-state index contributed by atoms with van der Waals surface area (Å²) in [5, 5.41) is 0. The monoisotopic (exact) mass is 328 g/mol. The number of carbonyl (C=O) groups is 2. The van der Waals surface area contributed by atoms with Crippen LogP contribution in [-0.4, -0.2) is 40.3 Å². The third-order valence-electron chi connectivity index (χ3n) is 3.04. The summed E-state index contributed by atoms with van der Waals surface area (Å²) in [4.78, 5) is 22.7. The van der Waals surface area contributed by atoms with E-state index in [1.165, 1.54) is 0 Å². The normalized spacial score (nSPS) is 11.9. The molecule has 0 fully saturated rings. The molecule has 0 rings (SSSR count). The summed E-state index contributed by atoms with van der Waals surface area (Å²) in [6, 6.07) is 1.02. The average Bonchev–Trinajstić information content (AvgIpc) is 2.45. The predicted octanol–water partition coefficient (Wildman–Crippen LogP) is 2.76. The molecule has 0 aliphatic rings. The Morgan fingerprint density at radius 3 is 1.73 bits per heavy atom. The highest BCUT2D eigenvalue weighted by Crippen LogP contribution is 2.10. The summed E-state index contributed by atoms with van der Waals surface area (Å²) < 4.78 is 16.2. The van der Waals surface area contributed by atoms with Gasteiger partial charge in [0.15, 0.2) is 9.04 Å². The molecule has 0 aromatic rings. The van der Waals surface area contributed by atoms with Crippen LogP contribution in [0.1, 0.15) is 33.6 Å². The number of carbonyl (C=O) groups excluding carboxylic acids is 2. The summed E-state index contributed by atoms with van der Waals surface area (Å²) >= 11 is 0. The van der Waals surface area contributed by atoms with Gasteiger partial charge in [-0.3, -0.25) is 0 Å². The first-order valence-electron chi connectivity index (χ1n) is 7.58. The maximum absolute atomic E-state index is 11.3. The van der Waals surface area contributed by atoms with E-state index < -0.39 is 21.0 Å². The van der Waals surface area contributed by atoms with Gasteiger partial charge in [-0.1, -0.05) is 20.1 Å². The van der Waals surface area contributed by atoms with Crippen LogP contribution in [0.4, 0.5) is 0 Å². The maximum Gasteiger partial charge on any atom is 0.333 e. The lowest BCUT2D eigenvalue weighted by molar-refractivity contribution is -0.139. The third-order valence-corrected chi connectivity index (χ3v) is 5.04. The van der Waals surface area contributed by atoms with E-state index in [4.69, 9.17) is 13.9 Å². The van der Waals surface area contributed by atoms with Crippen molar-refractivity contribution in [1.82, 2.24) is 0 Å². The zero-order chi connectivity index (χ0) is 17.1. The van der Waals surface area contributed by atoms with E-state index in [0.29, 0.717) is 24.0 Å². The van der Waals surface area contributed by atoms with E-state index in [9.17, 15) is 9.59 Å². The summed E-state index contributed by atoms with van der Waals surface area (Å²) in [6.07, 6.45) is 1.10. The Morgan fingerprint density at radius 2 is 1.41 bits per heavy atom. The Balaban J connectivity index is 4.25. The van der Waals surface area contributed by atoms with Crippen molar-refractivity contribution in [3.8, 4) is 0 Å². The van der Waals surface area contributed by atoms with Gasteiger partial charge in [0.2, 0.25) is 0 Å². The van der Waals surface area contributed by atoms with Gasteiger partial charge in [-0.15, -0.1) is 0 Å². The van der Waals surface area contributed by atoms with Crippen molar-refractivity contribution in [2.45, 2.75) is 52.3 Å². The Kier molecular flexibility index (Phi) is 10.5. The highest BCUT2D eigenvalue weighted by Gasteiger charge is 2.15. The second-order valence-electron chi connectivity index (χ2n) is 5.39. The van der Waals surface area contributed by atoms with Gasteiger partial charge >= 0.3 is 11.9 Å². The van der Waals surface area contributed by atoms with Crippen LogP contribution in [0.5, 0.6) is 0 Å². The van der Waals surface area contributed by atoms with Gasteiger partial charge in [0.1, 0.15) is 0 Å². The highest BCUT2D eigenvalue weighted by atomic mass is 28.3. The summed E-state index contributed by atoms with van der Waals surface area (Å²) in [5.41, 5.74) is 0.758. The molecular weight excluding hydrogens is 300 g/mol. The van der Waals surface area contributed by atoms with Crippen LogP contribution in [0.3, 0.4) is 0 Å². The first-order chi connectivity index (χ1) is 10.3. The third kappa shape index (κ3) is 9.52. The average molecular weight is 328 g/mol. The Morgan fingerprint density at radius 1 is 1.00 bits per heavy atom. The quantitative estimate of drug-likeness (QED) is 0.331. The predicted molar refractivity (Wildman–Crippen MR) is 89.1 cm³/mol. The molecule has 1 unspecified atom stereocenters. The standard InChI is InChI=1S/C16H28O5Si/c1-7-22(6)21-14(8-10-19-15(17)12(2)3)9-11-20-16(18)13(4)5/h14,22H,2,4,7-11H2,1,3,5-6H3. The molecule has 6 heteroatoms. The second kappa shape index (κ2) is 11.2. The molecule has 1 atom stereocenters. The number of ether oxygens (including phenoxy) is 2. The van der Waals surface area contributed by atoms with E-state index in [0.717, 1.165) is 6.04 Å². The van der Waals surface area contributed by atoms with Gasteiger partial charge < -0.3 is 13.9 Å². The zero-order valence-electron chi connectivity index (χ0n) is 14.1. The van der Waals surface area contributed by atoms with Gasteiger partial charge in [0.25, 0.3) is 0 Å². The molecule has 0 saturated heterocycles. The van der Waals surface area contributed by atoms with Crippen LogP contribution >= 0.6 is 0 Å². The van der Waals surface area contributed by atoms with Crippen LogP contribution in [0.2, 0.25) is 12.6 Å². The fraction of sp³-hybridized carbons (Fsp3) is 0.625. The van der Waals surface area contributed by atoms with E-state index in [-0.39, 0.29) is 19.3 Å². The molecule has 0 saturated carbocycles. The first-order valence-corrected chi connectivity index (χ1v) is 10.0. The van der Waals surface area contributed by atoms with Crippen molar-refractivity contribution in [2.75, 3.05) is 13.2 Å². The fourth-order valence-corrected chi connectivity index (χ4v) is 2.64. The van der Waals surface area contributed by atoms with Crippen LogP contribution in [0.15, 0.2) is 24.3 Å². The zero-order valence-corrected chi connectivity index (χ0v) is 15.3. The molecule has 0 radical (unpaired) electrons. The molecule has 0 spiro atoms. The highest BCUT2D eigenvalue weighted by molar-refractivity contribution is 6.50. The number of esters is 2. The fourth-order valence-electron chi connectivity index (χ4n) is 1.52. The van der Waals surface area contributed by atoms with Crippen LogP contribution in [0, 0.1) is 0 Å². The van der Waals surface area contributed by atoms with Crippen molar-refractivity contribution in [2.24, 2.45) is 0 Å². The number of rotatable bonds is 11. The minimum absolute atomic E-state index is 0.0718. The molecule has 126 valence electrons. The molecular formula is C16H28O5Si. The van der Waals surface area contributed by atoms with Crippen molar-refractivity contribution in [3.05, 3.63) is 24.3 Å². The lowest BCUT2D eigenvalue weighted by Crippen LogP contribution is -2.26. The molecule has 5 nitrogen and oxygen atoms in total. The van der Waals surface area contributed by atoms with Gasteiger partial charge in [0, 0.05) is 24.0 Å². The van der Waals surface area contributed by atoms with Crippen LogP contribution in [0.25, 0.3) is 0 Å². The molecule has 0 amide bonds. The molecule has 0 aliphatic heterocycles. The number of hydrogen-bond donors (Lipinski definition) is 0. The smallest absolute Gasteiger partial charge is 0.333 e. The Hall–Kier alpha value is -1.40. The Labute approximate surface area is 135 Å². The second-order valence-corrected chi connectivity index (χ2v) is 8.10. The van der Waals surface area contributed by atoms with E-state index in [1.807, 2.05) is 0 Å². The lowest BCUT2D eigenvalue weighted by atomic mass is 10.2. The van der Waals surface area contributed by atoms with Crippen LogP contribution in [-0.2, 0) is 23.5 Å². The summed E-state index contributed by atoms with van der Waals surface area (Å²) in [5.74, 6) is -0.790. The topological polar surface area (TPSA) is 61.8 Å². The number of hydrogen-bond acceptors (Lipinski definition) is 5. The van der Waals surface area contributed by atoms with Crippen molar-refractivity contribution < 1.29 is 23.5 Å². The van der Waals surface area contributed by atoms with E-state index in [1.54, 1.807) is 13.8 Å². The molecule has 0 heterocycles. The minimum Gasteiger partial charge on any atom is -0.462 e. The van der Waals surface area contributed by atoms with Gasteiger partial charge in [-0.05, 0) is 26.4 Å². The van der Waals surface area contributed by atoms with E-state index in [2.05, 4.69) is 26.6 Å². The summed E-state index contributed by atoms with van der Waals surface area (Å²) in [7, 11) is -1.23. The molecule has 0 aromatic heterocycles. The van der Waals surface area contributed by atoms with Gasteiger partial charge in [0.05, 0.1) is 19.3 Å². The summed E-state index contributed by atoms with van der Waals surface area (Å²) in [6.45, 7) is 15.0. The van der Waals surface area contributed by atoms with Gasteiger partial charge in [-0.25, -0.2) is 9.59 Å². The lowest BCUT2D eigenvalue weighted by Gasteiger charge is -2.21. The van der Waals surface area contributed by atoms with Crippen LogP contribution < -0.4 is 0 Å². The van der Waals surface area contributed by atoms with Gasteiger partial charge in [-0.2, -0.15) is 0 Å². The molecule has 0 aliphatic carbocycles. The molecule has 22 heavy (non-hydrogen) atoms. The van der Waals surface area contributed by atoms with Crippen molar-refractivity contribution in [1.29, 1.82) is 0 Å². The SMILES string of the molecule is C=C(C)C(=O)OCCC(CCOC(=O)C(=C)C)O[SiH](C)CC. The first kappa shape index (κ1) is 20.6. The van der Waals surface area contributed by atoms with E-state index >= 15 is 0 Å². The molecule has 0 N–H and O–H groups in total. The largest absolute Gasteiger partial charge is 0.462 e. The molecule has 0 aromatic carbocycles. The van der Waals surface area contributed by atoms with Crippen molar-refractivity contribution in [3.63, 3.8) is 0 Å². The maximum atomic E-state index is 11.3. The minimum atomic E-state index is -1.23. The molecule has 0 bridgehead atoms.